The molecule has 124 valence electrons. The molecule has 2 rings (SSSR count). The van der Waals surface area contributed by atoms with Crippen LogP contribution in [0.2, 0.25) is 0 Å². The van der Waals surface area contributed by atoms with Crippen molar-refractivity contribution in [2.24, 2.45) is 0 Å². The Morgan fingerprint density at radius 3 is 2.22 bits per heavy atom. The second-order valence-corrected chi connectivity index (χ2v) is 7.04. The highest BCUT2D eigenvalue weighted by Crippen LogP contribution is 2.59. The maximum absolute atomic E-state index is 13.2. The molecule has 1 aromatic heterocycles. The quantitative estimate of drug-likeness (QED) is 0.699. The van der Waals surface area contributed by atoms with Gasteiger partial charge in [-0.25, -0.2) is 0 Å². The van der Waals surface area contributed by atoms with Crippen molar-refractivity contribution in [2.45, 2.75) is 26.2 Å². The Morgan fingerprint density at radius 1 is 1.04 bits per heavy atom. The van der Waals surface area contributed by atoms with Gasteiger partial charge in [0.15, 0.2) is 0 Å². The average molecular weight is 334 g/mol. The fourth-order valence-electron chi connectivity index (χ4n) is 2.31. The number of hydrogen-bond donors (Lipinski definition) is 1. The first-order valence-electron chi connectivity index (χ1n) is 7.75. The number of pyridine rings is 1. The van der Waals surface area contributed by atoms with Crippen LogP contribution >= 0.6 is 7.60 Å². The minimum atomic E-state index is -3.33. The number of nitrogens with one attached hydrogen (secondary N) is 1. The predicted octanol–water partition coefficient (Wildman–Crippen LogP) is 4.14. The predicted molar refractivity (Wildman–Crippen MR) is 91.1 cm³/mol. The van der Waals surface area contributed by atoms with Crippen LogP contribution in [-0.4, -0.2) is 18.2 Å². The molecule has 0 bridgehead atoms. The molecule has 0 spiro atoms. The van der Waals surface area contributed by atoms with E-state index in [2.05, 4.69) is 10.3 Å². The normalized spacial score (nSPS) is 13.0. The number of aromatic nitrogens is 1. The third-order valence-corrected chi connectivity index (χ3v) is 5.65. The van der Waals surface area contributed by atoms with E-state index in [4.69, 9.17) is 9.05 Å². The zero-order chi connectivity index (χ0) is 16.5. The molecule has 1 heterocycles. The van der Waals surface area contributed by atoms with Gasteiger partial charge in [-0.3, -0.25) is 14.9 Å². The lowest BCUT2D eigenvalue weighted by atomic mass is 10.2. The molecule has 0 aliphatic heterocycles. The van der Waals surface area contributed by atoms with Gasteiger partial charge in [0, 0.05) is 18.9 Å². The van der Waals surface area contributed by atoms with Gasteiger partial charge in [0.1, 0.15) is 5.78 Å². The van der Waals surface area contributed by atoms with Gasteiger partial charge >= 0.3 is 7.60 Å². The van der Waals surface area contributed by atoms with E-state index in [1.54, 1.807) is 12.4 Å². The summed E-state index contributed by atoms with van der Waals surface area (Å²) in [6.45, 7) is 4.84. The molecular weight excluding hydrogens is 311 g/mol. The molecule has 0 amide bonds. The summed E-state index contributed by atoms with van der Waals surface area (Å²) < 4.78 is 24.3. The molecule has 5 nitrogen and oxygen atoms in total. The van der Waals surface area contributed by atoms with Crippen LogP contribution < -0.4 is 5.32 Å². The van der Waals surface area contributed by atoms with Crippen LogP contribution in [0.4, 0.5) is 0 Å². The molecule has 1 aromatic carbocycles. The van der Waals surface area contributed by atoms with Crippen LogP contribution in [-0.2, 0) is 20.2 Å². The molecule has 1 N–H and O–H groups in total. The molecule has 23 heavy (non-hydrogen) atoms. The smallest absolute Gasteiger partial charge is 0.308 e. The average Bonchev–Trinajstić information content (AvgIpc) is 2.57. The molecule has 1 atom stereocenters. The van der Waals surface area contributed by atoms with Gasteiger partial charge in [-0.15, -0.1) is 0 Å². The van der Waals surface area contributed by atoms with E-state index in [0.717, 1.165) is 11.1 Å². The molecule has 6 heteroatoms. The first-order valence-corrected chi connectivity index (χ1v) is 9.36. The van der Waals surface area contributed by atoms with E-state index in [9.17, 15) is 4.57 Å². The lowest BCUT2D eigenvalue weighted by molar-refractivity contribution is 0.207. The van der Waals surface area contributed by atoms with E-state index in [1.165, 1.54) is 0 Å². The fraction of sp³-hybridized carbons (Fsp3) is 0.353. The van der Waals surface area contributed by atoms with Crippen molar-refractivity contribution in [1.29, 1.82) is 0 Å². The van der Waals surface area contributed by atoms with Gasteiger partial charge in [-0.2, -0.15) is 0 Å². The largest absolute Gasteiger partial charge is 0.351 e. The van der Waals surface area contributed by atoms with Gasteiger partial charge in [0.25, 0.3) is 0 Å². The van der Waals surface area contributed by atoms with Crippen molar-refractivity contribution in [1.82, 2.24) is 10.3 Å². The monoisotopic (exact) mass is 334 g/mol. The van der Waals surface area contributed by atoms with Crippen LogP contribution in [0, 0.1) is 0 Å². The molecule has 0 aliphatic carbocycles. The number of hydrogen-bond acceptors (Lipinski definition) is 5. The van der Waals surface area contributed by atoms with Gasteiger partial charge < -0.3 is 9.05 Å². The van der Waals surface area contributed by atoms with E-state index in [-0.39, 0.29) is 0 Å². The summed E-state index contributed by atoms with van der Waals surface area (Å²) in [5.41, 5.74) is 1.94. The fourth-order valence-corrected chi connectivity index (χ4v) is 4.26. The Kier molecular flexibility index (Phi) is 6.93. The molecule has 0 fully saturated rings. The third kappa shape index (κ3) is 4.98. The highest BCUT2D eigenvalue weighted by Gasteiger charge is 2.36. The Hall–Kier alpha value is -1.52. The molecule has 2 aromatic rings. The van der Waals surface area contributed by atoms with Crippen molar-refractivity contribution in [3.63, 3.8) is 0 Å². The zero-order valence-corrected chi connectivity index (χ0v) is 14.4. The molecule has 0 saturated heterocycles. The van der Waals surface area contributed by atoms with E-state index in [0.29, 0.717) is 19.8 Å². The summed E-state index contributed by atoms with van der Waals surface area (Å²) in [4.78, 5) is 4.02. The first kappa shape index (κ1) is 17.8. The summed E-state index contributed by atoms with van der Waals surface area (Å²) in [6, 6.07) is 13.6. The first-order chi connectivity index (χ1) is 11.2. The molecule has 0 radical (unpaired) electrons. The Bertz CT molecular complexity index is 612. The van der Waals surface area contributed by atoms with Crippen LogP contribution in [0.25, 0.3) is 0 Å². The van der Waals surface area contributed by atoms with Crippen LogP contribution in [0.15, 0.2) is 54.9 Å². The molecule has 0 saturated carbocycles. The molecule has 0 aliphatic rings. The Balaban J connectivity index is 2.26. The summed E-state index contributed by atoms with van der Waals surface area (Å²) in [6.07, 6.45) is 3.35. The van der Waals surface area contributed by atoms with E-state index in [1.807, 2.05) is 56.3 Å². The van der Waals surface area contributed by atoms with Gasteiger partial charge in [-0.05, 0) is 37.1 Å². The Labute approximate surface area is 137 Å². The maximum atomic E-state index is 13.2. The lowest BCUT2D eigenvalue weighted by Crippen LogP contribution is -2.23. The van der Waals surface area contributed by atoms with Gasteiger partial charge in [-0.1, -0.05) is 30.3 Å². The second-order valence-electron chi connectivity index (χ2n) is 4.92. The summed E-state index contributed by atoms with van der Waals surface area (Å²) >= 11 is 0. The van der Waals surface area contributed by atoms with Crippen LogP contribution in [0.3, 0.4) is 0 Å². The van der Waals surface area contributed by atoms with Crippen molar-refractivity contribution >= 4 is 7.60 Å². The minimum absolute atomic E-state index is 0.325. The standard InChI is InChI=1S/C17H23N2O3P/c1-3-21-23(20,22-4-2)17(16-10-12-18-13-11-16)19-14-15-8-6-5-7-9-15/h5-13,17,19H,3-4,14H2,1-2H3. The number of nitrogens with zero attached hydrogens (tertiary/aromatic N) is 1. The van der Waals surface area contributed by atoms with E-state index < -0.39 is 13.4 Å². The molecule has 1 unspecified atom stereocenters. The maximum Gasteiger partial charge on any atom is 0.351 e. The van der Waals surface area contributed by atoms with Gasteiger partial charge in [0.2, 0.25) is 0 Å². The SMILES string of the molecule is CCOP(=O)(OCC)C(NCc1ccccc1)c1ccncc1. The zero-order valence-electron chi connectivity index (χ0n) is 13.5. The van der Waals surface area contributed by atoms with Crippen LogP contribution in [0.5, 0.6) is 0 Å². The van der Waals surface area contributed by atoms with Crippen molar-refractivity contribution < 1.29 is 13.6 Å². The second kappa shape index (κ2) is 8.94. The van der Waals surface area contributed by atoms with E-state index >= 15 is 0 Å². The minimum Gasteiger partial charge on any atom is -0.308 e. The summed E-state index contributed by atoms with van der Waals surface area (Å²) in [7, 11) is -3.33. The number of benzene rings is 1. The highest BCUT2D eigenvalue weighted by atomic mass is 31.2. The van der Waals surface area contributed by atoms with Crippen molar-refractivity contribution in [3.8, 4) is 0 Å². The number of rotatable bonds is 9. The third-order valence-electron chi connectivity index (χ3n) is 3.30. The Morgan fingerprint density at radius 2 is 1.65 bits per heavy atom. The van der Waals surface area contributed by atoms with Gasteiger partial charge in [0.05, 0.1) is 13.2 Å². The van der Waals surface area contributed by atoms with Crippen LogP contribution in [0.1, 0.15) is 30.8 Å². The topological polar surface area (TPSA) is 60.5 Å². The summed E-state index contributed by atoms with van der Waals surface area (Å²) in [5.74, 6) is -0.536. The van der Waals surface area contributed by atoms with Crippen molar-refractivity contribution in [2.75, 3.05) is 13.2 Å². The highest BCUT2D eigenvalue weighted by molar-refractivity contribution is 7.54. The lowest BCUT2D eigenvalue weighted by Gasteiger charge is -2.27. The molecular formula is C17H23N2O3P. The summed E-state index contributed by atoms with van der Waals surface area (Å²) in [5, 5.41) is 3.32. The van der Waals surface area contributed by atoms with Crippen molar-refractivity contribution in [3.05, 3.63) is 66.0 Å².